The van der Waals surface area contributed by atoms with Crippen molar-refractivity contribution in [3.63, 3.8) is 0 Å². The lowest BCUT2D eigenvalue weighted by Crippen LogP contribution is -2.18. The van der Waals surface area contributed by atoms with Gasteiger partial charge in [-0.3, -0.25) is 9.59 Å². The van der Waals surface area contributed by atoms with Crippen LogP contribution in [0.1, 0.15) is 53.1 Å². The maximum Gasteiger partial charge on any atom is 0.573 e. The smallest absolute Gasteiger partial charge is 0.497 e. The summed E-state index contributed by atoms with van der Waals surface area (Å²) in [5.41, 5.74) is 1.20. The third kappa shape index (κ3) is 6.93. The van der Waals surface area contributed by atoms with E-state index in [2.05, 4.69) is 14.7 Å². The molecule has 0 fully saturated rings. The van der Waals surface area contributed by atoms with Gasteiger partial charge < -0.3 is 14.5 Å². The Labute approximate surface area is 188 Å². The monoisotopic (exact) mass is 460 g/mol. The summed E-state index contributed by atoms with van der Waals surface area (Å²) in [7, 11) is 1.57. The number of benzene rings is 2. The molecule has 0 spiro atoms. The number of carbonyl (C=O) groups is 1. The first-order valence-electron chi connectivity index (χ1n) is 10.3. The number of H-pyrrole nitrogens is 1. The Balaban J connectivity index is 1.73. The molecular formula is C24H23F3N2O4. The zero-order valence-corrected chi connectivity index (χ0v) is 18.1. The van der Waals surface area contributed by atoms with Gasteiger partial charge in [0.05, 0.1) is 7.11 Å². The number of nitrogens with one attached hydrogen (secondary N) is 1. The van der Waals surface area contributed by atoms with Crippen molar-refractivity contribution in [2.45, 2.75) is 38.5 Å². The summed E-state index contributed by atoms with van der Waals surface area (Å²) in [6, 6.07) is 13.9. The van der Waals surface area contributed by atoms with E-state index >= 15 is 0 Å². The first kappa shape index (κ1) is 24.0. The van der Waals surface area contributed by atoms with Gasteiger partial charge in [0.2, 0.25) is 0 Å². The predicted molar refractivity (Wildman–Crippen MR) is 116 cm³/mol. The maximum absolute atomic E-state index is 12.9. The van der Waals surface area contributed by atoms with Crippen molar-refractivity contribution >= 4 is 5.78 Å². The van der Waals surface area contributed by atoms with E-state index in [4.69, 9.17) is 4.74 Å². The van der Waals surface area contributed by atoms with E-state index in [9.17, 15) is 22.8 Å². The van der Waals surface area contributed by atoms with Gasteiger partial charge in [-0.25, -0.2) is 4.98 Å². The van der Waals surface area contributed by atoms with Gasteiger partial charge in [-0.15, -0.1) is 13.2 Å². The summed E-state index contributed by atoms with van der Waals surface area (Å²) in [6.07, 6.45) is -3.79. The van der Waals surface area contributed by atoms with Gasteiger partial charge in [0.15, 0.2) is 5.78 Å². The van der Waals surface area contributed by atoms with Crippen LogP contribution in [0.3, 0.4) is 0 Å². The van der Waals surface area contributed by atoms with Crippen LogP contribution in [0.15, 0.2) is 59.4 Å². The van der Waals surface area contributed by atoms with E-state index in [0.717, 1.165) is 11.6 Å². The SMILES string of the molecule is CC[C@@H](CC(=O)c1cc(=O)[nH]c(Cc2ccc(OC)cc2)n1)c1ccc(OC(F)(F)F)cc1. The van der Waals surface area contributed by atoms with Crippen LogP contribution in [0.4, 0.5) is 13.2 Å². The first-order chi connectivity index (χ1) is 15.7. The number of carbonyl (C=O) groups excluding carboxylic acids is 1. The van der Waals surface area contributed by atoms with E-state index in [1.165, 1.54) is 24.3 Å². The summed E-state index contributed by atoms with van der Waals surface area (Å²) in [6.45, 7) is 1.87. The topological polar surface area (TPSA) is 81.3 Å². The molecule has 9 heteroatoms. The molecule has 0 saturated carbocycles. The number of hydrogen-bond donors (Lipinski definition) is 1. The molecule has 0 radical (unpaired) electrons. The zero-order valence-electron chi connectivity index (χ0n) is 18.1. The molecule has 1 N–H and O–H groups in total. The molecule has 0 aliphatic heterocycles. The molecule has 3 rings (SSSR count). The first-order valence-corrected chi connectivity index (χ1v) is 10.3. The highest BCUT2D eigenvalue weighted by Gasteiger charge is 2.31. The van der Waals surface area contributed by atoms with Crippen LogP contribution in [0, 0.1) is 0 Å². The summed E-state index contributed by atoms with van der Waals surface area (Å²) in [5.74, 6) is 0.167. The van der Waals surface area contributed by atoms with Crippen LogP contribution in [0.2, 0.25) is 0 Å². The van der Waals surface area contributed by atoms with E-state index in [0.29, 0.717) is 30.0 Å². The minimum Gasteiger partial charge on any atom is -0.497 e. The van der Waals surface area contributed by atoms with Crippen LogP contribution >= 0.6 is 0 Å². The molecule has 1 aromatic heterocycles. The highest BCUT2D eigenvalue weighted by molar-refractivity contribution is 5.94. The number of hydrogen-bond acceptors (Lipinski definition) is 5. The molecule has 2 aromatic carbocycles. The summed E-state index contributed by atoms with van der Waals surface area (Å²) < 4.78 is 46.1. The second-order valence-corrected chi connectivity index (χ2v) is 7.45. The van der Waals surface area contributed by atoms with Crippen LogP contribution in [-0.2, 0) is 6.42 Å². The minimum absolute atomic E-state index is 0.0535. The lowest BCUT2D eigenvalue weighted by atomic mass is 9.90. The fraction of sp³-hybridized carbons (Fsp3) is 0.292. The fourth-order valence-corrected chi connectivity index (χ4v) is 3.44. The van der Waals surface area contributed by atoms with Crippen molar-refractivity contribution in [3.8, 4) is 11.5 Å². The number of alkyl halides is 3. The molecule has 0 bridgehead atoms. The van der Waals surface area contributed by atoms with Crippen molar-refractivity contribution in [1.82, 2.24) is 9.97 Å². The number of rotatable bonds is 9. The minimum atomic E-state index is -4.77. The quantitative estimate of drug-likeness (QED) is 0.453. The van der Waals surface area contributed by atoms with Gasteiger partial charge in [-0.05, 0) is 47.7 Å². The normalized spacial score (nSPS) is 12.3. The summed E-state index contributed by atoms with van der Waals surface area (Å²) in [5, 5.41) is 0. The Morgan fingerprint density at radius 1 is 1.06 bits per heavy atom. The molecule has 0 unspecified atom stereocenters. The highest BCUT2D eigenvalue weighted by atomic mass is 19.4. The average Bonchev–Trinajstić information content (AvgIpc) is 2.77. The van der Waals surface area contributed by atoms with Crippen molar-refractivity contribution in [2.24, 2.45) is 0 Å². The molecule has 0 saturated heterocycles. The molecule has 33 heavy (non-hydrogen) atoms. The predicted octanol–water partition coefficient (Wildman–Crippen LogP) is 5.03. The highest BCUT2D eigenvalue weighted by Crippen LogP contribution is 2.28. The lowest BCUT2D eigenvalue weighted by Gasteiger charge is -2.16. The van der Waals surface area contributed by atoms with Gasteiger partial charge in [0.25, 0.3) is 5.56 Å². The summed E-state index contributed by atoms with van der Waals surface area (Å²) >= 11 is 0. The van der Waals surface area contributed by atoms with Crippen LogP contribution in [0.25, 0.3) is 0 Å². The van der Waals surface area contributed by atoms with Crippen LogP contribution in [0.5, 0.6) is 11.5 Å². The molecule has 1 atom stereocenters. The number of Topliss-reactive ketones (excluding diaryl/α,β-unsaturated/α-hetero) is 1. The number of methoxy groups -OCH3 is 1. The number of aromatic nitrogens is 2. The Morgan fingerprint density at radius 3 is 2.27 bits per heavy atom. The molecular weight excluding hydrogens is 437 g/mol. The molecule has 6 nitrogen and oxygen atoms in total. The van der Waals surface area contributed by atoms with Gasteiger partial charge in [0, 0.05) is 18.9 Å². The number of aromatic amines is 1. The average molecular weight is 460 g/mol. The maximum atomic E-state index is 12.9. The Hall–Kier alpha value is -3.62. The van der Waals surface area contributed by atoms with Gasteiger partial charge >= 0.3 is 6.36 Å². The molecule has 174 valence electrons. The van der Waals surface area contributed by atoms with Crippen molar-refractivity contribution < 1.29 is 27.4 Å². The van der Waals surface area contributed by atoms with E-state index < -0.39 is 11.9 Å². The largest absolute Gasteiger partial charge is 0.573 e. The molecule has 0 amide bonds. The zero-order chi connectivity index (χ0) is 24.0. The third-order valence-electron chi connectivity index (χ3n) is 5.12. The molecule has 3 aromatic rings. The Bertz CT molecular complexity index is 1140. The second-order valence-electron chi connectivity index (χ2n) is 7.45. The van der Waals surface area contributed by atoms with Gasteiger partial charge in [0.1, 0.15) is 23.0 Å². The standard InChI is InChI=1S/C24H23F3N2O4/c1-3-16(17-6-10-19(11-7-17)33-24(25,26)27)13-21(30)20-14-23(31)29-22(28-20)12-15-4-8-18(32-2)9-5-15/h4-11,14,16H,3,12-13H2,1-2H3,(H,28,29,31)/t16-/m0/s1. The number of nitrogens with zero attached hydrogens (tertiary/aromatic N) is 1. The number of ether oxygens (including phenoxy) is 2. The second kappa shape index (κ2) is 10.3. The van der Waals surface area contributed by atoms with Crippen molar-refractivity contribution in [1.29, 1.82) is 0 Å². The fourth-order valence-electron chi connectivity index (χ4n) is 3.44. The molecule has 0 aliphatic rings. The third-order valence-corrected chi connectivity index (χ3v) is 5.12. The Kier molecular flexibility index (Phi) is 7.52. The van der Waals surface area contributed by atoms with E-state index in [-0.39, 0.29) is 29.6 Å². The van der Waals surface area contributed by atoms with Gasteiger partial charge in [-0.2, -0.15) is 0 Å². The van der Waals surface area contributed by atoms with E-state index in [1.807, 2.05) is 19.1 Å². The summed E-state index contributed by atoms with van der Waals surface area (Å²) in [4.78, 5) is 32.0. The van der Waals surface area contributed by atoms with Crippen LogP contribution < -0.4 is 15.0 Å². The van der Waals surface area contributed by atoms with Crippen molar-refractivity contribution in [2.75, 3.05) is 7.11 Å². The Morgan fingerprint density at radius 2 is 1.70 bits per heavy atom. The number of halogens is 3. The molecule has 0 aliphatic carbocycles. The van der Waals surface area contributed by atoms with Crippen molar-refractivity contribution in [3.05, 3.63) is 87.6 Å². The van der Waals surface area contributed by atoms with Crippen LogP contribution in [-0.4, -0.2) is 29.2 Å². The lowest BCUT2D eigenvalue weighted by molar-refractivity contribution is -0.274. The number of ketones is 1. The molecule has 1 heterocycles. The van der Waals surface area contributed by atoms with Gasteiger partial charge in [-0.1, -0.05) is 31.2 Å². The van der Waals surface area contributed by atoms with E-state index in [1.54, 1.807) is 19.2 Å².